The molecule has 1 amide bonds. The van der Waals surface area contributed by atoms with Crippen LogP contribution in [0.5, 0.6) is 0 Å². The number of aliphatic hydroxyl groups excluding tert-OH is 1. The monoisotopic (exact) mass is 492 g/mol. The first-order valence-electron chi connectivity index (χ1n) is 10.5. The molecule has 0 aliphatic carbocycles. The van der Waals surface area contributed by atoms with E-state index in [9.17, 15) is 27.5 Å². The minimum atomic E-state index is -4.47. The molecule has 4 rings (SSSR count). The van der Waals surface area contributed by atoms with Crippen molar-refractivity contribution in [3.05, 3.63) is 60.1 Å². The first-order chi connectivity index (χ1) is 16.5. The lowest BCUT2D eigenvalue weighted by Gasteiger charge is -2.23. The predicted octanol–water partition coefficient (Wildman–Crippen LogP) is 3.97. The highest BCUT2D eigenvalue weighted by atomic mass is 19.4. The summed E-state index contributed by atoms with van der Waals surface area (Å²) >= 11 is 0. The number of alkyl halides is 3. The van der Waals surface area contributed by atoms with E-state index in [1.54, 1.807) is 6.92 Å². The number of amides is 1. The maximum atomic E-state index is 14.4. The van der Waals surface area contributed by atoms with E-state index in [-0.39, 0.29) is 24.2 Å². The molecule has 1 aliphatic rings. The van der Waals surface area contributed by atoms with Crippen molar-refractivity contribution in [1.82, 2.24) is 19.9 Å². The Morgan fingerprint density at radius 2 is 1.86 bits per heavy atom. The lowest BCUT2D eigenvalue weighted by molar-refractivity contribution is -0.137. The van der Waals surface area contributed by atoms with Crippen LogP contribution in [0.3, 0.4) is 0 Å². The molecule has 2 unspecified atom stereocenters. The molecule has 0 radical (unpaired) electrons. The molecule has 3 heterocycles. The SMILES string of the molecule is CC(Nc1ncc(F)c(N2C(=O)OCC2[C@@H](C)O)n1)c1ncc(-c2cccc(C(F)(F)F)c2)cn1. The summed E-state index contributed by atoms with van der Waals surface area (Å²) in [6, 6.07) is 3.42. The first-order valence-corrected chi connectivity index (χ1v) is 10.5. The molecule has 184 valence electrons. The van der Waals surface area contributed by atoms with Crippen LogP contribution in [0.4, 0.5) is 34.1 Å². The number of aliphatic hydroxyl groups is 1. The molecule has 1 aliphatic heterocycles. The van der Waals surface area contributed by atoms with Gasteiger partial charge in [-0.15, -0.1) is 0 Å². The average Bonchev–Trinajstić information content (AvgIpc) is 3.21. The van der Waals surface area contributed by atoms with Crippen molar-refractivity contribution in [2.45, 2.75) is 38.2 Å². The van der Waals surface area contributed by atoms with E-state index < -0.39 is 41.8 Å². The average molecular weight is 492 g/mol. The zero-order valence-corrected chi connectivity index (χ0v) is 18.5. The third-order valence-corrected chi connectivity index (χ3v) is 5.34. The van der Waals surface area contributed by atoms with Gasteiger partial charge in [0.05, 0.1) is 23.9 Å². The number of cyclic esters (lactones) is 1. The third kappa shape index (κ3) is 5.14. The van der Waals surface area contributed by atoms with E-state index in [1.807, 2.05) is 0 Å². The second kappa shape index (κ2) is 9.41. The Hall–Kier alpha value is -3.87. The molecule has 2 N–H and O–H groups in total. The van der Waals surface area contributed by atoms with Gasteiger partial charge in [0.1, 0.15) is 18.5 Å². The van der Waals surface area contributed by atoms with Gasteiger partial charge < -0.3 is 15.2 Å². The van der Waals surface area contributed by atoms with Crippen LogP contribution in [-0.2, 0) is 10.9 Å². The van der Waals surface area contributed by atoms with Gasteiger partial charge in [0.15, 0.2) is 11.6 Å². The fraction of sp³-hybridized carbons (Fsp3) is 0.318. The van der Waals surface area contributed by atoms with Crippen LogP contribution in [0.25, 0.3) is 11.1 Å². The molecule has 0 bridgehead atoms. The van der Waals surface area contributed by atoms with Crippen LogP contribution in [0.15, 0.2) is 42.9 Å². The van der Waals surface area contributed by atoms with Crippen molar-refractivity contribution in [3.8, 4) is 11.1 Å². The summed E-state index contributed by atoms with van der Waals surface area (Å²) in [5.41, 5.74) is -0.0779. The maximum absolute atomic E-state index is 14.4. The van der Waals surface area contributed by atoms with E-state index >= 15 is 0 Å². The number of ether oxygens (including phenoxy) is 1. The van der Waals surface area contributed by atoms with Crippen LogP contribution in [-0.4, -0.2) is 49.9 Å². The maximum Gasteiger partial charge on any atom is 0.416 e. The standard InChI is InChI=1S/C22H20F4N6O3/c1-11(18-27-7-14(8-28-18)13-4-3-5-15(6-13)22(24,25)26)30-20-29-9-16(23)19(31-20)32-17(12(2)33)10-35-21(32)34/h3-9,11-12,17,33H,10H2,1-2H3,(H,29,30,31)/t11?,12-,17?/m1/s1. The van der Waals surface area contributed by atoms with E-state index in [0.717, 1.165) is 23.2 Å². The van der Waals surface area contributed by atoms with Gasteiger partial charge in [0, 0.05) is 18.0 Å². The molecule has 1 aromatic carbocycles. The molecular formula is C22H20F4N6O3. The quantitative estimate of drug-likeness (QED) is 0.497. The minimum Gasteiger partial charge on any atom is -0.447 e. The van der Waals surface area contributed by atoms with Crippen molar-refractivity contribution in [2.24, 2.45) is 0 Å². The Balaban J connectivity index is 1.52. The molecular weight excluding hydrogens is 472 g/mol. The molecule has 0 spiro atoms. The summed E-state index contributed by atoms with van der Waals surface area (Å²) in [7, 11) is 0. The van der Waals surface area contributed by atoms with Gasteiger partial charge >= 0.3 is 12.3 Å². The molecule has 0 saturated carbocycles. The summed E-state index contributed by atoms with van der Waals surface area (Å²) in [6.45, 7) is 3.00. The zero-order chi connectivity index (χ0) is 25.3. The number of nitrogens with one attached hydrogen (secondary N) is 1. The highest BCUT2D eigenvalue weighted by Crippen LogP contribution is 2.32. The Morgan fingerprint density at radius 1 is 1.14 bits per heavy atom. The van der Waals surface area contributed by atoms with Gasteiger partial charge in [-0.25, -0.2) is 29.0 Å². The lowest BCUT2D eigenvalue weighted by Crippen LogP contribution is -2.42. The Morgan fingerprint density at radius 3 is 2.51 bits per heavy atom. The number of aromatic nitrogens is 4. The fourth-order valence-corrected chi connectivity index (χ4v) is 3.48. The largest absolute Gasteiger partial charge is 0.447 e. The van der Waals surface area contributed by atoms with Gasteiger partial charge in [0.25, 0.3) is 0 Å². The van der Waals surface area contributed by atoms with Crippen LogP contribution in [0.1, 0.15) is 31.3 Å². The number of anilines is 2. The summed E-state index contributed by atoms with van der Waals surface area (Å²) < 4.78 is 58.3. The fourth-order valence-electron chi connectivity index (χ4n) is 3.48. The zero-order valence-electron chi connectivity index (χ0n) is 18.5. The highest BCUT2D eigenvalue weighted by Gasteiger charge is 2.40. The second-order valence-electron chi connectivity index (χ2n) is 7.89. The summed E-state index contributed by atoms with van der Waals surface area (Å²) in [4.78, 5) is 29.3. The Kier molecular flexibility index (Phi) is 6.52. The van der Waals surface area contributed by atoms with Crippen molar-refractivity contribution in [2.75, 3.05) is 16.8 Å². The number of rotatable bonds is 6. The second-order valence-corrected chi connectivity index (χ2v) is 7.89. The lowest BCUT2D eigenvalue weighted by atomic mass is 10.1. The molecule has 13 heteroatoms. The molecule has 9 nitrogen and oxygen atoms in total. The van der Waals surface area contributed by atoms with E-state index in [4.69, 9.17) is 4.74 Å². The number of benzene rings is 1. The Labute approximate surface area is 196 Å². The normalized spacial score (nSPS) is 17.7. The van der Waals surface area contributed by atoms with Crippen molar-refractivity contribution >= 4 is 17.9 Å². The number of nitrogens with zero attached hydrogens (tertiary/aromatic N) is 5. The first kappa shape index (κ1) is 24.3. The summed E-state index contributed by atoms with van der Waals surface area (Å²) in [6.07, 6.45) is -2.65. The highest BCUT2D eigenvalue weighted by molar-refractivity contribution is 5.89. The van der Waals surface area contributed by atoms with Gasteiger partial charge in [-0.1, -0.05) is 12.1 Å². The van der Waals surface area contributed by atoms with Crippen LogP contribution < -0.4 is 10.2 Å². The van der Waals surface area contributed by atoms with Crippen molar-refractivity contribution < 1.29 is 32.2 Å². The van der Waals surface area contributed by atoms with Crippen LogP contribution in [0, 0.1) is 5.82 Å². The molecule has 2 aromatic heterocycles. The molecule has 3 atom stereocenters. The minimum absolute atomic E-state index is 0.0384. The van der Waals surface area contributed by atoms with Crippen LogP contribution >= 0.6 is 0 Å². The predicted molar refractivity (Wildman–Crippen MR) is 116 cm³/mol. The summed E-state index contributed by atoms with van der Waals surface area (Å²) in [5, 5.41) is 12.8. The van der Waals surface area contributed by atoms with Crippen molar-refractivity contribution in [1.29, 1.82) is 0 Å². The molecule has 35 heavy (non-hydrogen) atoms. The third-order valence-electron chi connectivity index (χ3n) is 5.34. The van der Waals surface area contributed by atoms with E-state index in [2.05, 4.69) is 25.3 Å². The van der Waals surface area contributed by atoms with Gasteiger partial charge in [-0.2, -0.15) is 18.2 Å². The number of hydrogen-bond acceptors (Lipinski definition) is 8. The van der Waals surface area contributed by atoms with Crippen LogP contribution in [0.2, 0.25) is 0 Å². The number of halogens is 4. The molecule has 3 aromatic rings. The number of carbonyl (C=O) groups excluding carboxylic acids is 1. The number of hydrogen-bond donors (Lipinski definition) is 2. The smallest absolute Gasteiger partial charge is 0.416 e. The summed E-state index contributed by atoms with van der Waals surface area (Å²) in [5.74, 6) is -1.00. The number of carbonyl (C=O) groups is 1. The van der Waals surface area contributed by atoms with Gasteiger partial charge in [-0.3, -0.25) is 0 Å². The van der Waals surface area contributed by atoms with E-state index in [0.29, 0.717) is 11.1 Å². The molecule has 1 fully saturated rings. The van der Waals surface area contributed by atoms with E-state index in [1.165, 1.54) is 31.5 Å². The Bertz CT molecular complexity index is 1220. The molecule has 1 saturated heterocycles. The van der Waals surface area contributed by atoms with Crippen molar-refractivity contribution in [3.63, 3.8) is 0 Å². The van der Waals surface area contributed by atoms with Gasteiger partial charge in [0.2, 0.25) is 5.95 Å². The topological polar surface area (TPSA) is 113 Å². The van der Waals surface area contributed by atoms with Gasteiger partial charge in [-0.05, 0) is 31.5 Å².